The molecule has 20 heavy (non-hydrogen) atoms. The van der Waals surface area contributed by atoms with E-state index in [2.05, 4.69) is 0 Å². The fraction of sp³-hybridized carbons (Fsp3) is 0.200. The average Bonchev–Trinajstić information content (AvgIpc) is 2.46. The summed E-state index contributed by atoms with van der Waals surface area (Å²) < 4.78 is 24.7. The van der Waals surface area contributed by atoms with E-state index in [1.54, 1.807) is 23.9 Å². The SMILES string of the molecule is Nc1ccc(CSc2ccc3c(c2)OCCO3)c(F)c1. The molecule has 2 N–H and O–H groups in total. The maximum atomic E-state index is 13.7. The predicted octanol–water partition coefficient (Wildman–Crippen LogP) is 3.47. The van der Waals surface area contributed by atoms with Gasteiger partial charge in [0.1, 0.15) is 19.0 Å². The van der Waals surface area contributed by atoms with Gasteiger partial charge >= 0.3 is 0 Å². The van der Waals surface area contributed by atoms with Gasteiger partial charge in [-0.25, -0.2) is 4.39 Å². The first-order chi connectivity index (χ1) is 9.72. The Balaban J connectivity index is 1.72. The summed E-state index contributed by atoms with van der Waals surface area (Å²) in [5, 5.41) is 0. The van der Waals surface area contributed by atoms with Crippen molar-refractivity contribution < 1.29 is 13.9 Å². The molecule has 2 aromatic carbocycles. The molecule has 1 aliphatic rings. The van der Waals surface area contributed by atoms with Crippen LogP contribution in [0, 0.1) is 5.82 Å². The number of nitrogens with two attached hydrogens (primary N) is 1. The molecule has 2 aromatic rings. The van der Waals surface area contributed by atoms with Crippen molar-refractivity contribution in [2.75, 3.05) is 18.9 Å². The van der Waals surface area contributed by atoms with E-state index in [-0.39, 0.29) is 5.82 Å². The number of thioether (sulfide) groups is 1. The zero-order valence-corrected chi connectivity index (χ0v) is 11.6. The van der Waals surface area contributed by atoms with E-state index in [1.807, 2.05) is 18.2 Å². The maximum Gasteiger partial charge on any atom is 0.162 e. The highest BCUT2D eigenvalue weighted by Gasteiger charge is 2.12. The van der Waals surface area contributed by atoms with E-state index in [4.69, 9.17) is 15.2 Å². The molecule has 0 fully saturated rings. The molecule has 0 amide bonds. The summed E-state index contributed by atoms with van der Waals surface area (Å²) in [6, 6.07) is 10.5. The molecule has 5 heteroatoms. The van der Waals surface area contributed by atoms with Gasteiger partial charge in [0.05, 0.1) is 0 Å². The van der Waals surface area contributed by atoms with E-state index in [1.165, 1.54) is 6.07 Å². The second-order valence-electron chi connectivity index (χ2n) is 4.44. The van der Waals surface area contributed by atoms with Gasteiger partial charge in [-0.3, -0.25) is 0 Å². The molecule has 0 bridgehead atoms. The Bertz CT molecular complexity index is 633. The number of nitrogen functional groups attached to an aromatic ring is 1. The van der Waals surface area contributed by atoms with Crippen LogP contribution in [0.5, 0.6) is 11.5 Å². The lowest BCUT2D eigenvalue weighted by atomic mass is 10.2. The molecule has 104 valence electrons. The molecule has 3 rings (SSSR count). The monoisotopic (exact) mass is 291 g/mol. The zero-order chi connectivity index (χ0) is 13.9. The van der Waals surface area contributed by atoms with Crippen molar-refractivity contribution in [2.45, 2.75) is 10.6 Å². The molecule has 1 heterocycles. The molecule has 0 radical (unpaired) electrons. The van der Waals surface area contributed by atoms with Crippen LogP contribution in [-0.4, -0.2) is 13.2 Å². The largest absolute Gasteiger partial charge is 0.486 e. The summed E-state index contributed by atoms with van der Waals surface area (Å²) in [4.78, 5) is 1.02. The molecule has 0 aliphatic carbocycles. The smallest absolute Gasteiger partial charge is 0.162 e. The third kappa shape index (κ3) is 2.82. The highest BCUT2D eigenvalue weighted by molar-refractivity contribution is 7.98. The molecule has 3 nitrogen and oxygen atoms in total. The molecule has 1 aliphatic heterocycles. The number of hydrogen-bond acceptors (Lipinski definition) is 4. The third-order valence-electron chi connectivity index (χ3n) is 2.99. The number of halogens is 1. The first-order valence-electron chi connectivity index (χ1n) is 6.29. The van der Waals surface area contributed by atoms with Gasteiger partial charge in [-0.05, 0) is 35.9 Å². The Hall–Kier alpha value is -1.88. The summed E-state index contributed by atoms with van der Waals surface area (Å²) in [7, 11) is 0. The van der Waals surface area contributed by atoms with Crippen molar-refractivity contribution in [2.24, 2.45) is 0 Å². The van der Waals surface area contributed by atoms with E-state index in [0.29, 0.717) is 30.2 Å². The van der Waals surface area contributed by atoms with Crippen molar-refractivity contribution in [3.8, 4) is 11.5 Å². The predicted molar refractivity (Wildman–Crippen MR) is 77.8 cm³/mol. The Labute approximate surface area is 120 Å². The maximum absolute atomic E-state index is 13.7. The summed E-state index contributed by atoms with van der Waals surface area (Å²) in [5.74, 6) is 1.79. The number of anilines is 1. The number of fused-ring (bicyclic) bond motifs is 1. The standard InChI is InChI=1S/C15H14FNO2S/c16-13-7-11(17)2-1-10(13)9-20-12-3-4-14-15(8-12)19-6-5-18-14/h1-4,7-8H,5-6,9,17H2. The molecule has 0 saturated heterocycles. The van der Waals surface area contributed by atoms with Crippen LogP contribution in [0.3, 0.4) is 0 Å². The molecule has 0 aromatic heterocycles. The van der Waals surface area contributed by atoms with Crippen LogP contribution < -0.4 is 15.2 Å². The molecule has 0 spiro atoms. The second-order valence-corrected chi connectivity index (χ2v) is 5.49. The molecule has 0 saturated carbocycles. The van der Waals surface area contributed by atoms with Crippen molar-refractivity contribution in [1.29, 1.82) is 0 Å². The highest BCUT2D eigenvalue weighted by atomic mass is 32.2. The van der Waals surface area contributed by atoms with Gasteiger partial charge in [0.25, 0.3) is 0 Å². The normalized spacial score (nSPS) is 13.2. The van der Waals surface area contributed by atoms with Crippen LogP contribution in [0.1, 0.15) is 5.56 Å². The summed E-state index contributed by atoms with van der Waals surface area (Å²) >= 11 is 1.55. The first-order valence-corrected chi connectivity index (χ1v) is 7.27. The molecular weight excluding hydrogens is 277 g/mol. The minimum atomic E-state index is -0.268. The van der Waals surface area contributed by atoms with Gasteiger partial charge in [0, 0.05) is 16.3 Å². The van der Waals surface area contributed by atoms with Gasteiger partial charge < -0.3 is 15.2 Å². The fourth-order valence-corrected chi connectivity index (χ4v) is 2.87. The lowest BCUT2D eigenvalue weighted by molar-refractivity contribution is 0.171. The van der Waals surface area contributed by atoms with Crippen molar-refractivity contribution in [1.82, 2.24) is 0 Å². The zero-order valence-electron chi connectivity index (χ0n) is 10.8. The second kappa shape index (κ2) is 5.63. The average molecular weight is 291 g/mol. The first kappa shape index (κ1) is 13.1. The van der Waals surface area contributed by atoms with Crippen LogP contribution in [0.25, 0.3) is 0 Å². The van der Waals surface area contributed by atoms with Gasteiger partial charge in [-0.15, -0.1) is 11.8 Å². The summed E-state index contributed by atoms with van der Waals surface area (Å²) in [6.45, 7) is 1.14. The highest BCUT2D eigenvalue weighted by Crippen LogP contribution is 2.35. The number of benzene rings is 2. The van der Waals surface area contributed by atoms with Gasteiger partial charge in [0.15, 0.2) is 11.5 Å². The van der Waals surface area contributed by atoms with E-state index in [0.717, 1.165) is 16.4 Å². The van der Waals surface area contributed by atoms with E-state index in [9.17, 15) is 4.39 Å². The topological polar surface area (TPSA) is 44.5 Å². The van der Waals surface area contributed by atoms with Crippen LogP contribution in [-0.2, 0) is 5.75 Å². The van der Waals surface area contributed by atoms with E-state index >= 15 is 0 Å². The lowest BCUT2D eigenvalue weighted by Gasteiger charge is -2.18. The van der Waals surface area contributed by atoms with Gasteiger partial charge in [-0.2, -0.15) is 0 Å². The Morgan fingerprint density at radius 1 is 1.05 bits per heavy atom. The van der Waals surface area contributed by atoms with E-state index < -0.39 is 0 Å². The Morgan fingerprint density at radius 2 is 1.85 bits per heavy atom. The molecule has 0 atom stereocenters. The van der Waals surface area contributed by atoms with Crippen LogP contribution in [0.2, 0.25) is 0 Å². The van der Waals surface area contributed by atoms with Crippen LogP contribution in [0.15, 0.2) is 41.3 Å². The van der Waals surface area contributed by atoms with Crippen molar-refractivity contribution >= 4 is 17.4 Å². The summed E-state index contributed by atoms with van der Waals surface area (Å²) in [5.41, 5.74) is 6.61. The minimum absolute atomic E-state index is 0.268. The van der Waals surface area contributed by atoms with Crippen LogP contribution in [0.4, 0.5) is 10.1 Å². The molecule has 0 unspecified atom stereocenters. The quantitative estimate of drug-likeness (QED) is 0.694. The van der Waals surface area contributed by atoms with Crippen LogP contribution >= 0.6 is 11.8 Å². The van der Waals surface area contributed by atoms with Gasteiger partial charge in [-0.1, -0.05) is 6.07 Å². The Kier molecular flexibility index (Phi) is 3.69. The lowest BCUT2D eigenvalue weighted by Crippen LogP contribution is -2.15. The number of rotatable bonds is 3. The number of ether oxygens (including phenoxy) is 2. The fourth-order valence-electron chi connectivity index (χ4n) is 1.96. The van der Waals surface area contributed by atoms with Gasteiger partial charge in [0.2, 0.25) is 0 Å². The Morgan fingerprint density at radius 3 is 2.65 bits per heavy atom. The number of hydrogen-bond donors (Lipinski definition) is 1. The third-order valence-corrected chi connectivity index (χ3v) is 4.03. The molecular formula is C15H14FNO2S. The summed E-state index contributed by atoms with van der Waals surface area (Å²) in [6.07, 6.45) is 0. The van der Waals surface area contributed by atoms with Crippen molar-refractivity contribution in [3.05, 3.63) is 47.8 Å². The van der Waals surface area contributed by atoms with Crippen molar-refractivity contribution in [3.63, 3.8) is 0 Å². The minimum Gasteiger partial charge on any atom is -0.486 e.